The molecule has 1 aliphatic heterocycles. The van der Waals surface area contributed by atoms with Gasteiger partial charge in [0.05, 0.1) is 24.7 Å². The smallest absolute Gasteiger partial charge is 0.379 e. The van der Waals surface area contributed by atoms with Crippen LogP contribution in [0.2, 0.25) is 0 Å². The Kier molecular flexibility index (Phi) is 6.70. The van der Waals surface area contributed by atoms with Crippen LogP contribution in [0.1, 0.15) is 15.9 Å². The normalized spacial score (nSPS) is 17.7. The van der Waals surface area contributed by atoms with Crippen LogP contribution in [0.25, 0.3) is 0 Å². The maximum atomic E-state index is 13.5. The Morgan fingerprint density at radius 3 is 2.16 bits per heavy atom. The average molecular weight is 458 g/mol. The number of amides is 1. The Bertz CT molecular complexity index is 1010. The van der Waals surface area contributed by atoms with Crippen LogP contribution in [0.4, 0.5) is 13.2 Å². The zero-order valence-corrected chi connectivity index (χ0v) is 17.1. The van der Waals surface area contributed by atoms with E-state index in [1.165, 1.54) is 46.8 Å². The molecule has 1 saturated heterocycles. The molecular formula is C20H21F3N2O5S. The molecule has 2 aromatic carbocycles. The van der Waals surface area contributed by atoms with Gasteiger partial charge in [0, 0.05) is 18.7 Å². The maximum Gasteiger partial charge on any atom is 0.423 e. The van der Waals surface area contributed by atoms with Crippen LogP contribution in [0.3, 0.4) is 0 Å². The fourth-order valence-corrected chi connectivity index (χ4v) is 4.51. The van der Waals surface area contributed by atoms with Crippen molar-refractivity contribution in [2.75, 3.05) is 32.8 Å². The molecule has 1 fully saturated rings. The van der Waals surface area contributed by atoms with Gasteiger partial charge in [0.2, 0.25) is 15.6 Å². The van der Waals surface area contributed by atoms with Gasteiger partial charge >= 0.3 is 6.18 Å². The monoisotopic (exact) mass is 458 g/mol. The zero-order valence-electron chi connectivity index (χ0n) is 16.3. The number of alkyl halides is 3. The largest absolute Gasteiger partial charge is 0.423 e. The van der Waals surface area contributed by atoms with Gasteiger partial charge in [0.15, 0.2) is 0 Å². The van der Waals surface area contributed by atoms with E-state index < -0.39 is 39.8 Å². The van der Waals surface area contributed by atoms with E-state index in [2.05, 4.69) is 5.32 Å². The lowest BCUT2D eigenvalue weighted by Crippen LogP contribution is -2.51. The molecule has 0 saturated carbocycles. The van der Waals surface area contributed by atoms with Gasteiger partial charge in [-0.3, -0.25) is 4.79 Å². The SMILES string of the molecule is O=C(NCC(O)(c1ccccc1)C(F)(F)F)c1ccc(S(=O)(=O)N2CCOCC2)cc1. The number of halogens is 3. The average Bonchev–Trinajstić information content (AvgIpc) is 2.77. The van der Waals surface area contributed by atoms with Gasteiger partial charge in [0.25, 0.3) is 5.91 Å². The van der Waals surface area contributed by atoms with Crippen molar-refractivity contribution in [3.63, 3.8) is 0 Å². The summed E-state index contributed by atoms with van der Waals surface area (Å²) in [5.41, 5.74) is -3.72. The molecule has 0 aliphatic carbocycles. The summed E-state index contributed by atoms with van der Waals surface area (Å²) in [4.78, 5) is 12.3. The summed E-state index contributed by atoms with van der Waals surface area (Å²) in [6.07, 6.45) is -5.03. The zero-order chi connectivity index (χ0) is 22.7. The number of hydrogen-bond acceptors (Lipinski definition) is 5. The lowest BCUT2D eigenvalue weighted by atomic mass is 9.93. The van der Waals surface area contributed by atoms with Crippen LogP contribution >= 0.6 is 0 Å². The number of aliphatic hydroxyl groups is 1. The van der Waals surface area contributed by atoms with Crippen molar-refractivity contribution in [3.05, 3.63) is 65.7 Å². The maximum absolute atomic E-state index is 13.5. The fraction of sp³-hybridized carbons (Fsp3) is 0.350. The molecule has 0 radical (unpaired) electrons. The van der Waals surface area contributed by atoms with Crippen LogP contribution in [0, 0.1) is 0 Å². The van der Waals surface area contributed by atoms with E-state index in [4.69, 9.17) is 4.74 Å². The van der Waals surface area contributed by atoms with Crippen LogP contribution in [0.5, 0.6) is 0 Å². The van der Waals surface area contributed by atoms with Crippen molar-refractivity contribution in [3.8, 4) is 0 Å². The predicted molar refractivity (Wildman–Crippen MR) is 105 cm³/mol. The Morgan fingerprint density at radius 2 is 1.61 bits per heavy atom. The van der Waals surface area contributed by atoms with Gasteiger partial charge in [-0.05, 0) is 29.8 Å². The first-order valence-electron chi connectivity index (χ1n) is 9.36. The number of carbonyl (C=O) groups is 1. The number of benzene rings is 2. The number of sulfonamides is 1. The van der Waals surface area contributed by atoms with Gasteiger partial charge in [0.1, 0.15) is 0 Å². The molecule has 3 rings (SSSR count). The first-order chi connectivity index (χ1) is 14.6. The third kappa shape index (κ3) is 4.90. The van der Waals surface area contributed by atoms with Crippen LogP contribution in [-0.2, 0) is 20.4 Å². The summed E-state index contributed by atoms with van der Waals surface area (Å²) in [5.74, 6) is -0.881. The minimum atomic E-state index is -5.03. The highest BCUT2D eigenvalue weighted by Crippen LogP contribution is 2.38. The van der Waals surface area contributed by atoms with Gasteiger partial charge < -0.3 is 15.2 Å². The number of hydrogen-bond donors (Lipinski definition) is 2. The van der Waals surface area contributed by atoms with Crippen molar-refractivity contribution < 1.29 is 36.2 Å². The summed E-state index contributed by atoms with van der Waals surface area (Å²) in [6, 6.07) is 11.3. The van der Waals surface area contributed by atoms with Crippen molar-refractivity contribution in [1.29, 1.82) is 0 Å². The molecule has 168 valence electrons. The third-order valence-corrected chi connectivity index (χ3v) is 6.86. The highest BCUT2D eigenvalue weighted by molar-refractivity contribution is 7.89. The molecule has 7 nitrogen and oxygen atoms in total. The van der Waals surface area contributed by atoms with Crippen molar-refractivity contribution in [2.24, 2.45) is 0 Å². The predicted octanol–water partition coefficient (Wildman–Crippen LogP) is 1.89. The molecule has 31 heavy (non-hydrogen) atoms. The topological polar surface area (TPSA) is 95.9 Å². The minimum Gasteiger partial charge on any atom is -0.379 e. The van der Waals surface area contributed by atoms with Crippen LogP contribution in [0.15, 0.2) is 59.5 Å². The number of ether oxygens (including phenoxy) is 1. The molecule has 1 atom stereocenters. The summed E-state index contributed by atoms with van der Waals surface area (Å²) in [7, 11) is -3.76. The van der Waals surface area contributed by atoms with Crippen LogP contribution < -0.4 is 5.32 Å². The summed E-state index contributed by atoms with van der Waals surface area (Å²) in [5, 5.41) is 12.4. The second-order valence-corrected chi connectivity index (χ2v) is 8.89. The van der Waals surface area contributed by atoms with E-state index in [0.717, 1.165) is 12.1 Å². The molecule has 0 spiro atoms. The highest BCUT2D eigenvalue weighted by Gasteiger charge is 2.55. The van der Waals surface area contributed by atoms with Crippen molar-refractivity contribution in [2.45, 2.75) is 16.7 Å². The van der Waals surface area contributed by atoms with Gasteiger partial charge in [-0.15, -0.1) is 0 Å². The van der Waals surface area contributed by atoms with E-state index in [0.29, 0.717) is 0 Å². The molecule has 2 aromatic rings. The Labute approximate surface area is 177 Å². The molecule has 1 unspecified atom stereocenters. The third-order valence-electron chi connectivity index (χ3n) is 4.95. The minimum absolute atomic E-state index is 0.0398. The molecule has 1 aliphatic rings. The van der Waals surface area contributed by atoms with Gasteiger partial charge in [-0.25, -0.2) is 8.42 Å². The standard InChI is InChI=1S/C20H21F3N2O5S/c21-20(22,23)19(27,16-4-2-1-3-5-16)14-24-18(26)15-6-8-17(9-7-15)31(28,29)25-10-12-30-13-11-25/h1-9,27H,10-14H2,(H,24,26). The summed E-state index contributed by atoms with van der Waals surface area (Å²) in [6.45, 7) is -0.125. The Hall–Kier alpha value is -2.47. The molecule has 2 N–H and O–H groups in total. The molecular weight excluding hydrogens is 437 g/mol. The van der Waals surface area contributed by atoms with Gasteiger partial charge in [-0.2, -0.15) is 17.5 Å². The first-order valence-corrected chi connectivity index (χ1v) is 10.8. The van der Waals surface area contributed by atoms with Crippen molar-refractivity contribution >= 4 is 15.9 Å². The number of nitrogens with one attached hydrogen (secondary N) is 1. The number of rotatable bonds is 6. The van der Waals surface area contributed by atoms with E-state index in [1.807, 2.05) is 0 Å². The highest BCUT2D eigenvalue weighted by atomic mass is 32.2. The first kappa shape index (κ1) is 23.2. The number of nitrogens with zero attached hydrogens (tertiary/aromatic N) is 1. The molecule has 1 amide bonds. The second-order valence-electron chi connectivity index (χ2n) is 6.95. The quantitative estimate of drug-likeness (QED) is 0.689. The number of carbonyl (C=O) groups excluding carboxylic acids is 1. The van der Waals surface area contributed by atoms with E-state index in [-0.39, 0.29) is 36.8 Å². The summed E-state index contributed by atoms with van der Waals surface area (Å²) >= 11 is 0. The lowest BCUT2D eigenvalue weighted by molar-refractivity contribution is -0.263. The Balaban J connectivity index is 1.73. The fourth-order valence-electron chi connectivity index (χ4n) is 3.10. The van der Waals surface area contributed by atoms with Gasteiger partial charge in [-0.1, -0.05) is 30.3 Å². The van der Waals surface area contributed by atoms with E-state index in [9.17, 15) is 31.5 Å². The molecule has 1 heterocycles. The lowest BCUT2D eigenvalue weighted by Gasteiger charge is -2.31. The second kappa shape index (κ2) is 8.95. The van der Waals surface area contributed by atoms with E-state index >= 15 is 0 Å². The Morgan fingerprint density at radius 1 is 1.03 bits per heavy atom. The molecule has 11 heteroatoms. The molecule has 0 bridgehead atoms. The number of morpholine rings is 1. The van der Waals surface area contributed by atoms with E-state index in [1.54, 1.807) is 0 Å². The van der Waals surface area contributed by atoms with Crippen molar-refractivity contribution in [1.82, 2.24) is 9.62 Å². The molecule has 0 aromatic heterocycles. The van der Waals surface area contributed by atoms with Crippen LogP contribution in [-0.4, -0.2) is 62.8 Å². The summed E-state index contributed by atoms with van der Waals surface area (Å²) < 4.78 is 72.2.